The lowest BCUT2D eigenvalue weighted by Crippen LogP contribution is -2.08. The maximum Gasteiger partial charge on any atom is 0.341 e. The van der Waals surface area contributed by atoms with Crippen molar-refractivity contribution in [3.63, 3.8) is 0 Å². The first-order valence-electron chi connectivity index (χ1n) is 6.28. The van der Waals surface area contributed by atoms with Gasteiger partial charge in [-0.15, -0.1) is 0 Å². The van der Waals surface area contributed by atoms with Gasteiger partial charge >= 0.3 is 5.97 Å². The average Bonchev–Trinajstić information content (AvgIpc) is 2.82. The molecule has 0 atom stereocenters. The van der Waals surface area contributed by atoms with E-state index in [1.165, 1.54) is 0 Å². The van der Waals surface area contributed by atoms with Crippen molar-refractivity contribution in [3.05, 3.63) is 41.7 Å². The highest BCUT2D eigenvalue weighted by atomic mass is 16.5. The van der Waals surface area contributed by atoms with Gasteiger partial charge in [0.25, 0.3) is 0 Å². The molecular weight excluding hydrogens is 258 g/mol. The number of nitrogens with two attached hydrogens (primary N) is 1. The monoisotopic (exact) mass is 275 g/mol. The van der Waals surface area contributed by atoms with Crippen molar-refractivity contribution in [3.8, 4) is 5.75 Å². The Labute approximate surface area is 117 Å². The van der Waals surface area contributed by atoms with E-state index >= 15 is 0 Å². The van der Waals surface area contributed by atoms with Gasteiger partial charge in [-0.1, -0.05) is 0 Å². The molecule has 2 N–H and O–H groups in total. The van der Waals surface area contributed by atoms with Crippen LogP contribution in [0.25, 0.3) is 0 Å². The van der Waals surface area contributed by atoms with Crippen LogP contribution in [0.4, 0.5) is 5.69 Å². The molecular formula is C14H17N3O3. The summed E-state index contributed by atoms with van der Waals surface area (Å²) in [6.07, 6.45) is 1.82. The Morgan fingerprint density at radius 3 is 2.85 bits per heavy atom. The van der Waals surface area contributed by atoms with Crippen LogP contribution in [0.5, 0.6) is 5.75 Å². The summed E-state index contributed by atoms with van der Waals surface area (Å²) in [6, 6.07) is 6.69. The van der Waals surface area contributed by atoms with Crippen LogP contribution < -0.4 is 10.5 Å². The van der Waals surface area contributed by atoms with Crippen LogP contribution in [0.3, 0.4) is 0 Å². The lowest BCUT2D eigenvalue weighted by atomic mass is 10.2. The molecule has 0 aliphatic rings. The predicted molar refractivity (Wildman–Crippen MR) is 74.4 cm³/mol. The van der Waals surface area contributed by atoms with Crippen LogP contribution in [0, 0.1) is 0 Å². The van der Waals surface area contributed by atoms with Crippen molar-refractivity contribution < 1.29 is 14.3 Å². The number of rotatable bonds is 5. The summed E-state index contributed by atoms with van der Waals surface area (Å²) in [5, 5.41) is 4.20. The molecule has 0 aliphatic heterocycles. The first-order chi connectivity index (χ1) is 9.60. The van der Waals surface area contributed by atoms with Crippen molar-refractivity contribution in [1.29, 1.82) is 0 Å². The summed E-state index contributed by atoms with van der Waals surface area (Å²) in [5.41, 5.74) is 7.37. The van der Waals surface area contributed by atoms with Gasteiger partial charge in [-0.2, -0.15) is 5.10 Å². The van der Waals surface area contributed by atoms with E-state index in [2.05, 4.69) is 5.10 Å². The fourth-order valence-electron chi connectivity index (χ4n) is 1.73. The minimum atomic E-state index is -0.427. The molecule has 0 saturated heterocycles. The number of benzene rings is 1. The zero-order chi connectivity index (χ0) is 14.5. The first kappa shape index (κ1) is 13.9. The van der Waals surface area contributed by atoms with Crippen LogP contribution in [0.15, 0.2) is 30.5 Å². The highest BCUT2D eigenvalue weighted by molar-refractivity contribution is 5.93. The largest absolute Gasteiger partial charge is 0.486 e. The second kappa shape index (κ2) is 6.10. The SMILES string of the molecule is CCOC(=O)c1ccc(N)cc1OCc1ccn(C)n1. The molecule has 1 heterocycles. The van der Waals surface area contributed by atoms with Gasteiger partial charge in [0.1, 0.15) is 17.9 Å². The minimum Gasteiger partial charge on any atom is -0.486 e. The molecule has 0 saturated carbocycles. The van der Waals surface area contributed by atoms with Gasteiger partial charge in [-0.05, 0) is 25.1 Å². The Kier molecular flexibility index (Phi) is 4.24. The van der Waals surface area contributed by atoms with E-state index in [0.717, 1.165) is 5.69 Å². The van der Waals surface area contributed by atoms with E-state index in [4.69, 9.17) is 15.2 Å². The Balaban J connectivity index is 2.16. The van der Waals surface area contributed by atoms with Gasteiger partial charge in [-0.25, -0.2) is 4.79 Å². The average molecular weight is 275 g/mol. The number of esters is 1. The number of aryl methyl sites for hydroxylation is 1. The number of hydrogen-bond acceptors (Lipinski definition) is 5. The van der Waals surface area contributed by atoms with Gasteiger partial charge in [0.2, 0.25) is 0 Å². The molecule has 6 heteroatoms. The fraction of sp³-hybridized carbons (Fsp3) is 0.286. The zero-order valence-electron chi connectivity index (χ0n) is 11.5. The highest BCUT2D eigenvalue weighted by Gasteiger charge is 2.14. The molecule has 0 spiro atoms. The van der Waals surface area contributed by atoms with Gasteiger partial charge in [-0.3, -0.25) is 4.68 Å². The van der Waals surface area contributed by atoms with Gasteiger partial charge < -0.3 is 15.2 Å². The van der Waals surface area contributed by atoms with E-state index < -0.39 is 5.97 Å². The molecule has 20 heavy (non-hydrogen) atoms. The molecule has 0 amide bonds. The topological polar surface area (TPSA) is 79.4 Å². The number of hydrogen-bond donors (Lipinski definition) is 1. The van der Waals surface area contributed by atoms with Crippen LogP contribution in [0.1, 0.15) is 23.0 Å². The molecule has 2 rings (SSSR count). The number of carbonyl (C=O) groups excluding carboxylic acids is 1. The van der Waals surface area contributed by atoms with Crippen molar-refractivity contribution in [1.82, 2.24) is 9.78 Å². The number of carbonyl (C=O) groups is 1. The summed E-state index contributed by atoms with van der Waals surface area (Å²) < 4.78 is 12.3. The van der Waals surface area contributed by atoms with E-state index in [9.17, 15) is 4.79 Å². The molecule has 0 fully saturated rings. The van der Waals surface area contributed by atoms with Crippen molar-refractivity contribution in [2.24, 2.45) is 7.05 Å². The Hall–Kier alpha value is -2.50. The maximum absolute atomic E-state index is 11.8. The van der Waals surface area contributed by atoms with E-state index in [-0.39, 0.29) is 6.61 Å². The maximum atomic E-state index is 11.8. The Bertz CT molecular complexity index is 607. The fourth-order valence-corrected chi connectivity index (χ4v) is 1.73. The first-order valence-corrected chi connectivity index (χ1v) is 6.28. The molecule has 0 bridgehead atoms. The van der Waals surface area contributed by atoms with Crippen LogP contribution >= 0.6 is 0 Å². The molecule has 0 unspecified atom stereocenters. The zero-order valence-corrected chi connectivity index (χ0v) is 11.5. The number of aromatic nitrogens is 2. The summed E-state index contributed by atoms with van der Waals surface area (Å²) in [7, 11) is 1.83. The summed E-state index contributed by atoms with van der Waals surface area (Å²) >= 11 is 0. The Morgan fingerprint density at radius 1 is 1.40 bits per heavy atom. The molecule has 0 aliphatic carbocycles. The summed E-state index contributed by atoms with van der Waals surface area (Å²) in [6.45, 7) is 2.32. The number of ether oxygens (including phenoxy) is 2. The van der Waals surface area contributed by atoms with E-state index in [1.54, 1.807) is 29.8 Å². The van der Waals surface area contributed by atoms with Crippen molar-refractivity contribution in [2.45, 2.75) is 13.5 Å². The molecule has 106 valence electrons. The van der Waals surface area contributed by atoms with Crippen molar-refractivity contribution >= 4 is 11.7 Å². The Morgan fingerprint density at radius 2 is 2.20 bits per heavy atom. The van der Waals surface area contributed by atoms with E-state index in [0.29, 0.717) is 23.6 Å². The standard InChI is InChI=1S/C14H17N3O3/c1-3-19-14(18)12-5-4-10(15)8-13(12)20-9-11-6-7-17(2)16-11/h4-8H,3,9,15H2,1-2H3. The number of nitrogens with zero attached hydrogens (tertiary/aromatic N) is 2. The highest BCUT2D eigenvalue weighted by Crippen LogP contribution is 2.23. The van der Waals surface area contributed by atoms with Gasteiger partial charge in [0.05, 0.1) is 12.3 Å². The van der Waals surface area contributed by atoms with Crippen LogP contribution in [0.2, 0.25) is 0 Å². The summed E-state index contributed by atoms with van der Waals surface area (Å²) in [5.74, 6) is -0.0300. The smallest absolute Gasteiger partial charge is 0.341 e. The summed E-state index contributed by atoms with van der Waals surface area (Å²) in [4.78, 5) is 11.8. The molecule has 2 aromatic rings. The molecule has 1 aromatic heterocycles. The third kappa shape index (κ3) is 3.28. The lowest BCUT2D eigenvalue weighted by Gasteiger charge is -2.10. The second-order valence-corrected chi connectivity index (χ2v) is 4.25. The number of anilines is 1. The van der Waals surface area contributed by atoms with E-state index in [1.807, 2.05) is 19.3 Å². The second-order valence-electron chi connectivity index (χ2n) is 4.25. The van der Waals surface area contributed by atoms with Gasteiger partial charge in [0, 0.05) is 25.0 Å². The van der Waals surface area contributed by atoms with Crippen molar-refractivity contribution in [2.75, 3.05) is 12.3 Å². The van der Waals surface area contributed by atoms with Crippen LogP contribution in [-0.2, 0) is 18.4 Å². The third-order valence-electron chi connectivity index (χ3n) is 2.65. The lowest BCUT2D eigenvalue weighted by molar-refractivity contribution is 0.0521. The number of nitrogen functional groups attached to an aromatic ring is 1. The normalized spacial score (nSPS) is 10.3. The van der Waals surface area contributed by atoms with Crippen LogP contribution in [-0.4, -0.2) is 22.4 Å². The predicted octanol–water partition coefficient (Wildman–Crippen LogP) is 1.76. The quantitative estimate of drug-likeness (QED) is 0.664. The molecule has 1 aromatic carbocycles. The molecule has 6 nitrogen and oxygen atoms in total. The molecule has 0 radical (unpaired) electrons. The third-order valence-corrected chi connectivity index (χ3v) is 2.65. The van der Waals surface area contributed by atoms with Gasteiger partial charge in [0.15, 0.2) is 0 Å². The minimum absolute atomic E-state index is 0.261.